The summed E-state index contributed by atoms with van der Waals surface area (Å²) in [5.74, 6) is -2.76. The number of rotatable bonds is 36. The monoisotopic (exact) mass is 1660 g/mol. The molecular weight excluding hydrogens is 1580 g/mol. The van der Waals surface area contributed by atoms with E-state index < -0.39 is 84.6 Å². The summed E-state index contributed by atoms with van der Waals surface area (Å²) in [4.78, 5) is 124. The normalized spacial score (nSPS) is 18.6. The van der Waals surface area contributed by atoms with Crippen molar-refractivity contribution < 1.29 is 114 Å². The minimum absolute atomic E-state index is 0.0658. The molecule has 4 heterocycles. The Morgan fingerprint density at radius 1 is 0.312 bits per heavy atom. The molecule has 0 aliphatic carbocycles. The number of ether oxygens (including phenoxy) is 14. The van der Waals surface area contributed by atoms with E-state index in [1.807, 2.05) is 0 Å². The van der Waals surface area contributed by atoms with Crippen molar-refractivity contribution in [2.24, 2.45) is 0 Å². The predicted octanol–water partition coefficient (Wildman–Crippen LogP) is 15.2. The highest BCUT2D eigenvalue weighted by Crippen LogP contribution is 2.36. The number of carbonyl (C=O) groups excluding carboxylic acids is 10. The zero-order valence-corrected chi connectivity index (χ0v) is 64.7. The van der Waals surface area contributed by atoms with Gasteiger partial charge in [-0.1, -0.05) is 106 Å². The van der Waals surface area contributed by atoms with Crippen LogP contribution < -0.4 is 18.9 Å². The van der Waals surface area contributed by atoms with E-state index in [-0.39, 0.29) is 76.4 Å². The first-order valence-corrected chi connectivity index (χ1v) is 39.6. The number of carbonyl (C=O) groups is 10. The molecule has 4 saturated heterocycles. The van der Waals surface area contributed by atoms with Crippen LogP contribution in [-0.4, -0.2) is 159 Å². The van der Waals surface area contributed by atoms with E-state index in [9.17, 15) is 47.9 Å². The fourth-order valence-electron chi connectivity index (χ4n) is 13.1. The van der Waals surface area contributed by atoms with Gasteiger partial charge in [0.15, 0.2) is 24.4 Å². The molecule has 8 atom stereocenters. The van der Waals surface area contributed by atoms with E-state index in [0.717, 1.165) is 104 Å². The molecule has 0 aromatic heterocycles. The highest BCUT2D eigenvalue weighted by molar-refractivity contribution is 9.09. The largest absolute Gasteiger partial charge is 0.463 e. The third kappa shape index (κ3) is 23.4. The molecule has 0 bridgehead atoms. The van der Waals surface area contributed by atoms with Gasteiger partial charge in [0.2, 0.25) is 0 Å². The molecule has 4 aliphatic rings. The zero-order valence-electron chi connectivity index (χ0n) is 61.6. The molecule has 0 N–H and O–H groups in total. The maximum atomic E-state index is 13.2. The van der Waals surface area contributed by atoms with E-state index in [0.29, 0.717) is 96.6 Å². The number of benzene rings is 8. The molecule has 0 amide bonds. The molecule has 8 aromatic rings. The molecule has 0 radical (unpaired) electrons. The van der Waals surface area contributed by atoms with Gasteiger partial charge in [-0.05, 0) is 204 Å². The van der Waals surface area contributed by atoms with Crippen molar-refractivity contribution in [3.05, 3.63) is 193 Å². The summed E-state index contributed by atoms with van der Waals surface area (Å²) >= 11 is 6.78. The quantitative estimate of drug-likeness (QED) is 0.00879. The fraction of sp³-hybridized carbons (Fsp3) is 0.372. The molecule has 0 spiro atoms. The van der Waals surface area contributed by atoms with Crippen LogP contribution in [0.4, 0.5) is 0 Å². The van der Waals surface area contributed by atoms with Crippen molar-refractivity contribution in [3.63, 3.8) is 0 Å². The summed E-state index contributed by atoms with van der Waals surface area (Å²) in [7, 11) is 0. The number of hydrogen-bond acceptors (Lipinski definition) is 24. The first-order valence-electron chi connectivity index (χ1n) is 37.4. The second kappa shape index (κ2) is 41.3. The number of hydrogen-bond donors (Lipinski definition) is 0. The van der Waals surface area contributed by atoms with Gasteiger partial charge in [0, 0.05) is 48.5 Å². The predicted molar refractivity (Wildman–Crippen MR) is 418 cm³/mol. The Balaban J connectivity index is 0.000000224. The summed E-state index contributed by atoms with van der Waals surface area (Å²) < 4.78 is 78.7. The zero-order chi connectivity index (χ0) is 78.9. The van der Waals surface area contributed by atoms with Crippen LogP contribution in [0.1, 0.15) is 144 Å². The number of unbranched alkanes of at least 4 members (excludes halogenated alkanes) is 8. The van der Waals surface area contributed by atoms with Crippen LogP contribution >= 0.6 is 31.9 Å². The van der Waals surface area contributed by atoms with Gasteiger partial charge in [-0.15, -0.1) is 0 Å². The maximum absolute atomic E-state index is 13.2. The lowest BCUT2D eigenvalue weighted by Gasteiger charge is -2.17. The average Bonchev–Trinajstić information content (AvgIpc) is 1.48. The molecule has 24 nitrogen and oxygen atoms in total. The van der Waals surface area contributed by atoms with E-state index >= 15 is 0 Å². The highest BCUT2D eigenvalue weighted by Gasteiger charge is 2.53. The molecule has 112 heavy (non-hydrogen) atoms. The Bertz CT molecular complexity index is 4450. The SMILES string of the molecule is C=CC(=O)OCCCCCC(=O)Oc1ccc2cc(C(=O)O[C@@H]3CO[C@H]4[C@@H]3OC[C@H]4OC(=O)c3ccc4cc(OC(=O)CCCCCOC(=O)C=C)ccc4c3)ccc2c1.O=C(CCCCCBr)Oc1ccc2cc(C(=O)O[C@@H]3CO[C@H]4[C@@H]3OC[C@H]4OC(=O)c3ccc4cc(OC(=O)CCCCCBr)ccc4c3)ccc2c1. The van der Waals surface area contributed by atoms with Gasteiger partial charge in [-0.3, -0.25) is 19.2 Å². The summed E-state index contributed by atoms with van der Waals surface area (Å²) in [5.41, 5.74) is 1.34. The first-order chi connectivity index (χ1) is 54.4. The first kappa shape index (κ1) is 82.7. The van der Waals surface area contributed by atoms with E-state index in [1.165, 1.54) is 0 Å². The summed E-state index contributed by atoms with van der Waals surface area (Å²) in [5, 5.41) is 8.06. The molecule has 26 heteroatoms. The van der Waals surface area contributed by atoms with Gasteiger partial charge in [-0.2, -0.15) is 0 Å². The molecule has 0 unspecified atom stereocenters. The van der Waals surface area contributed by atoms with E-state index in [2.05, 4.69) is 45.0 Å². The molecule has 588 valence electrons. The van der Waals surface area contributed by atoms with Crippen LogP contribution in [0.3, 0.4) is 0 Å². The van der Waals surface area contributed by atoms with Crippen molar-refractivity contribution in [2.75, 3.05) is 50.3 Å². The van der Waals surface area contributed by atoms with Crippen molar-refractivity contribution in [1.82, 2.24) is 0 Å². The van der Waals surface area contributed by atoms with Gasteiger partial charge < -0.3 is 66.3 Å². The van der Waals surface area contributed by atoms with Crippen molar-refractivity contribution in [3.8, 4) is 23.0 Å². The lowest BCUT2D eigenvalue weighted by Crippen LogP contribution is -2.36. The molecular formula is C86H86Br2O24. The Morgan fingerprint density at radius 3 is 0.786 bits per heavy atom. The fourth-order valence-corrected chi connectivity index (χ4v) is 13.9. The Kier molecular flexibility index (Phi) is 30.5. The number of alkyl halides is 2. The molecule has 12 rings (SSSR count). The van der Waals surface area contributed by atoms with E-state index in [4.69, 9.17) is 66.3 Å². The van der Waals surface area contributed by atoms with Crippen LogP contribution in [0.15, 0.2) is 171 Å². The maximum Gasteiger partial charge on any atom is 0.338 e. The van der Waals surface area contributed by atoms with Gasteiger partial charge >= 0.3 is 59.7 Å². The second-order valence-corrected chi connectivity index (χ2v) is 28.7. The van der Waals surface area contributed by atoms with Gasteiger partial charge in [0.1, 0.15) is 47.4 Å². The van der Waals surface area contributed by atoms with Gasteiger partial charge in [0.05, 0.1) is 61.9 Å². The Labute approximate surface area is 663 Å². The third-order valence-corrected chi connectivity index (χ3v) is 20.1. The third-order valence-electron chi connectivity index (χ3n) is 19.0. The number of fused-ring (bicyclic) bond motifs is 6. The lowest BCUT2D eigenvalue weighted by atomic mass is 10.1. The Morgan fingerprint density at radius 2 is 0.545 bits per heavy atom. The van der Waals surface area contributed by atoms with Crippen molar-refractivity contribution >= 4 is 135 Å². The topological polar surface area (TPSA) is 300 Å². The van der Waals surface area contributed by atoms with Crippen LogP contribution in [0.5, 0.6) is 23.0 Å². The van der Waals surface area contributed by atoms with Crippen LogP contribution in [0.2, 0.25) is 0 Å². The second-order valence-electron chi connectivity index (χ2n) is 27.1. The minimum Gasteiger partial charge on any atom is -0.463 e. The summed E-state index contributed by atoms with van der Waals surface area (Å²) in [6.45, 7) is 7.57. The highest BCUT2D eigenvalue weighted by atomic mass is 79.9. The summed E-state index contributed by atoms with van der Waals surface area (Å²) in [6, 6.07) is 41.2. The van der Waals surface area contributed by atoms with Crippen LogP contribution in [0.25, 0.3) is 43.1 Å². The van der Waals surface area contributed by atoms with Crippen molar-refractivity contribution in [1.29, 1.82) is 0 Å². The molecule has 8 aromatic carbocycles. The lowest BCUT2D eigenvalue weighted by molar-refractivity contribution is -0.138. The average molecular weight is 1660 g/mol. The van der Waals surface area contributed by atoms with Crippen LogP contribution in [0, 0.1) is 0 Å². The van der Waals surface area contributed by atoms with Crippen molar-refractivity contribution in [2.45, 2.75) is 152 Å². The number of halogens is 2. The van der Waals surface area contributed by atoms with E-state index in [1.54, 1.807) is 146 Å². The smallest absolute Gasteiger partial charge is 0.338 e. The van der Waals surface area contributed by atoms with Gasteiger partial charge in [0.25, 0.3) is 0 Å². The Hall–Kier alpha value is -10.2. The van der Waals surface area contributed by atoms with Gasteiger partial charge in [-0.25, -0.2) is 28.8 Å². The standard InChI is InChI=1S/C46H46O14.C40H40Br2O10/c1-3-39(47)53-21-9-5-7-11-41(49)57-35-19-17-29-23-33(15-13-31(29)25-35)45(51)59-37-27-55-44-38(28-56-43(37)44)60-46(52)34-16-14-32-26-36(20-18-30(32)24-34)58-42(50)12-8-6-10-22-54-40(48)4-2;41-17-5-1-3-7-35(43)49-31-15-13-25-19-29(11-9-27(25)21-31)39(45)51-33-23-47-38-34(24-48-37(33)38)52-40(46)30-12-10-28-22-32(16-14-26(28)20-30)50-36(44)8-4-2-6-18-42/h3-4,13-20,23-26,37-38,43-44H,1-2,5-12,21-22,27-28H2;9-16,19-22,33-34,37-38H,1-8,17-18,23-24H2/t37-,38-,43-,44-;33-,34-,37-,38-/m11/s1. The summed E-state index contributed by atoms with van der Waals surface area (Å²) in [6.07, 6.45) is 7.54. The molecule has 4 fully saturated rings. The molecule has 0 saturated carbocycles. The number of esters is 10. The van der Waals surface area contributed by atoms with Crippen LogP contribution in [-0.2, 0) is 76.1 Å². The minimum atomic E-state index is -0.719. The molecule has 4 aliphatic heterocycles.